The summed E-state index contributed by atoms with van der Waals surface area (Å²) in [6, 6.07) is 8.88. The highest BCUT2D eigenvalue weighted by Crippen LogP contribution is 2.32. The van der Waals surface area contributed by atoms with E-state index >= 15 is 0 Å². The van der Waals surface area contributed by atoms with E-state index in [2.05, 4.69) is 10.2 Å². The van der Waals surface area contributed by atoms with Crippen molar-refractivity contribution >= 4 is 34.5 Å². The molecule has 0 aliphatic carbocycles. The van der Waals surface area contributed by atoms with Crippen LogP contribution in [0.5, 0.6) is 5.75 Å². The Kier molecular flexibility index (Phi) is 4.14. The van der Waals surface area contributed by atoms with Gasteiger partial charge in [0, 0.05) is 5.02 Å². The summed E-state index contributed by atoms with van der Waals surface area (Å²) in [5.74, 6) is 1.39. The molecule has 108 valence electrons. The summed E-state index contributed by atoms with van der Waals surface area (Å²) in [5.41, 5.74) is 0. The standard InChI is InChI=1S/C14H10Cl2N2O2S/c1-8(19-11-5-4-9(15)7-10(11)16)13-17-18-14(20-13)12-3-2-6-21-12/h2-8H,1H3. The normalized spacial score (nSPS) is 12.3. The number of aromatic nitrogens is 2. The topological polar surface area (TPSA) is 48.2 Å². The lowest BCUT2D eigenvalue weighted by molar-refractivity contribution is 0.190. The smallest absolute Gasteiger partial charge is 0.257 e. The quantitative estimate of drug-likeness (QED) is 0.651. The zero-order valence-corrected chi connectivity index (χ0v) is 13.2. The van der Waals surface area contributed by atoms with Crippen molar-refractivity contribution in [3.8, 4) is 16.5 Å². The maximum atomic E-state index is 6.07. The molecule has 3 aromatic rings. The van der Waals surface area contributed by atoms with Crippen molar-refractivity contribution in [1.29, 1.82) is 0 Å². The van der Waals surface area contributed by atoms with Gasteiger partial charge in [0.25, 0.3) is 11.8 Å². The lowest BCUT2D eigenvalue weighted by Crippen LogP contribution is -2.03. The number of ether oxygens (including phenoxy) is 1. The maximum absolute atomic E-state index is 6.07. The van der Waals surface area contributed by atoms with E-state index in [1.54, 1.807) is 18.2 Å². The SMILES string of the molecule is CC(Oc1ccc(Cl)cc1Cl)c1nnc(-c2cccs2)o1. The molecular formula is C14H10Cl2N2O2S. The lowest BCUT2D eigenvalue weighted by atomic mass is 10.3. The van der Waals surface area contributed by atoms with Crippen LogP contribution in [0, 0.1) is 0 Å². The molecule has 0 saturated heterocycles. The molecule has 2 aromatic heterocycles. The van der Waals surface area contributed by atoms with Gasteiger partial charge >= 0.3 is 0 Å². The van der Waals surface area contributed by atoms with Crippen LogP contribution in [-0.4, -0.2) is 10.2 Å². The number of benzene rings is 1. The zero-order chi connectivity index (χ0) is 14.8. The van der Waals surface area contributed by atoms with E-state index in [4.69, 9.17) is 32.4 Å². The third kappa shape index (κ3) is 3.20. The average Bonchev–Trinajstić information content (AvgIpc) is 3.10. The lowest BCUT2D eigenvalue weighted by Gasteiger charge is -2.12. The minimum atomic E-state index is -0.412. The van der Waals surface area contributed by atoms with Crippen LogP contribution in [0.1, 0.15) is 18.9 Å². The second kappa shape index (κ2) is 6.05. The van der Waals surface area contributed by atoms with Gasteiger partial charge in [-0.15, -0.1) is 21.5 Å². The first-order chi connectivity index (χ1) is 10.1. The van der Waals surface area contributed by atoms with Crippen LogP contribution in [0.2, 0.25) is 10.0 Å². The summed E-state index contributed by atoms with van der Waals surface area (Å²) in [5, 5.41) is 11.0. The van der Waals surface area contributed by atoms with Gasteiger partial charge in [-0.25, -0.2) is 0 Å². The van der Waals surface area contributed by atoms with Crippen molar-refractivity contribution in [2.45, 2.75) is 13.0 Å². The van der Waals surface area contributed by atoms with Gasteiger partial charge in [-0.2, -0.15) is 0 Å². The Morgan fingerprint density at radius 1 is 1.24 bits per heavy atom. The van der Waals surface area contributed by atoms with Crippen molar-refractivity contribution < 1.29 is 9.15 Å². The van der Waals surface area contributed by atoms with E-state index in [-0.39, 0.29) is 0 Å². The van der Waals surface area contributed by atoms with Gasteiger partial charge in [0.05, 0.1) is 9.90 Å². The molecule has 1 aromatic carbocycles. The van der Waals surface area contributed by atoms with Gasteiger partial charge < -0.3 is 9.15 Å². The van der Waals surface area contributed by atoms with E-state index in [0.29, 0.717) is 27.6 Å². The van der Waals surface area contributed by atoms with E-state index in [9.17, 15) is 0 Å². The van der Waals surface area contributed by atoms with Crippen LogP contribution in [0.4, 0.5) is 0 Å². The number of hydrogen-bond donors (Lipinski definition) is 0. The van der Waals surface area contributed by atoms with Crippen LogP contribution >= 0.6 is 34.5 Å². The Bertz CT molecular complexity index is 743. The fourth-order valence-electron chi connectivity index (χ4n) is 1.71. The number of hydrogen-bond acceptors (Lipinski definition) is 5. The van der Waals surface area contributed by atoms with Crippen molar-refractivity contribution in [3.63, 3.8) is 0 Å². The molecule has 2 heterocycles. The summed E-state index contributed by atoms with van der Waals surface area (Å²) < 4.78 is 11.4. The summed E-state index contributed by atoms with van der Waals surface area (Å²) in [6.45, 7) is 1.82. The van der Waals surface area contributed by atoms with E-state index in [1.165, 1.54) is 11.3 Å². The van der Waals surface area contributed by atoms with Crippen LogP contribution in [0.3, 0.4) is 0 Å². The monoisotopic (exact) mass is 340 g/mol. The van der Waals surface area contributed by atoms with Gasteiger partial charge in [-0.05, 0) is 36.6 Å². The first-order valence-electron chi connectivity index (χ1n) is 6.12. The first kappa shape index (κ1) is 14.4. The second-order valence-electron chi connectivity index (χ2n) is 4.26. The zero-order valence-electron chi connectivity index (χ0n) is 10.9. The predicted molar refractivity (Wildman–Crippen MR) is 83.1 cm³/mol. The Balaban J connectivity index is 1.78. The summed E-state index contributed by atoms with van der Waals surface area (Å²) >= 11 is 13.5. The molecular weight excluding hydrogens is 331 g/mol. The Hall–Kier alpha value is -1.56. The Labute approximate surface area is 135 Å². The minimum Gasteiger partial charge on any atom is -0.479 e. The molecule has 0 bridgehead atoms. The van der Waals surface area contributed by atoms with Crippen molar-refractivity contribution in [1.82, 2.24) is 10.2 Å². The summed E-state index contributed by atoms with van der Waals surface area (Å²) in [4.78, 5) is 0.922. The van der Waals surface area contributed by atoms with Crippen LogP contribution < -0.4 is 4.74 Å². The highest BCUT2D eigenvalue weighted by atomic mass is 35.5. The molecule has 3 rings (SSSR count). The minimum absolute atomic E-state index is 0.393. The highest BCUT2D eigenvalue weighted by Gasteiger charge is 2.18. The molecule has 0 aliphatic rings. The van der Waals surface area contributed by atoms with Crippen molar-refractivity contribution in [2.75, 3.05) is 0 Å². The predicted octanol–water partition coefficient (Wildman–Crippen LogP) is 5.24. The van der Waals surface area contributed by atoms with Crippen LogP contribution in [-0.2, 0) is 0 Å². The van der Waals surface area contributed by atoms with E-state index < -0.39 is 6.10 Å². The molecule has 0 spiro atoms. The number of rotatable bonds is 4. The number of thiophene rings is 1. The van der Waals surface area contributed by atoms with Crippen LogP contribution in [0.15, 0.2) is 40.1 Å². The van der Waals surface area contributed by atoms with Crippen molar-refractivity contribution in [2.24, 2.45) is 0 Å². The van der Waals surface area contributed by atoms with Gasteiger partial charge in [0.1, 0.15) is 5.75 Å². The van der Waals surface area contributed by atoms with Crippen molar-refractivity contribution in [3.05, 3.63) is 51.6 Å². The van der Waals surface area contributed by atoms with E-state index in [1.807, 2.05) is 24.4 Å². The van der Waals surface area contributed by atoms with Gasteiger partial charge in [-0.3, -0.25) is 0 Å². The fourth-order valence-corrected chi connectivity index (χ4v) is 2.81. The Morgan fingerprint density at radius 3 is 2.81 bits per heavy atom. The Morgan fingerprint density at radius 2 is 2.10 bits per heavy atom. The molecule has 0 amide bonds. The largest absolute Gasteiger partial charge is 0.479 e. The highest BCUT2D eigenvalue weighted by molar-refractivity contribution is 7.13. The van der Waals surface area contributed by atoms with Gasteiger partial charge in [0.2, 0.25) is 0 Å². The molecule has 4 nitrogen and oxygen atoms in total. The fraction of sp³-hybridized carbons (Fsp3) is 0.143. The van der Waals surface area contributed by atoms with Crippen LogP contribution in [0.25, 0.3) is 10.8 Å². The summed E-state index contributed by atoms with van der Waals surface area (Å²) in [7, 11) is 0. The molecule has 1 atom stereocenters. The molecule has 7 heteroatoms. The first-order valence-corrected chi connectivity index (χ1v) is 7.76. The number of nitrogens with zero attached hydrogens (tertiary/aromatic N) is 2. The third-order valence-electron chi connectivity index (χ3n) is 2.72. The van der Waals surface area contributed by atoms with Gasteiger partial charge in [0.15, 0.2) is 6.10 Å². The number of halogens is 2. The average molecular weight is 341 g/mol. The molecule has 0 fully saturated rings. The molecule has 0 N–H and O–H groups in total. The third-order valence-corrected chi connectivity index (χ3v) is 4.11. The molecule has 0 radical (unpaired) electrons. The maximum Gasteiger partial charge on any atom is 0.257 e. The summed E-state index contributed by atoms with van der Waals surface area (Å²) in [6.07, 6.45) is -0.412. The molecule has 1 unspecified atom stereocenters. The van der Waals surface area contributed by atoms with E-state index in [0.717, 1.165) is 4.88 Å². The molecule has 0 saturated carbocycles. The molecule has 0 aliphatic heterocycles. The molecule has 21 heavy (non-hydrogen) atoms. The van der Waals surface area contributed by atoms with Gasteiger partial charge in [-0.1, -0.05) is 29.3 Å². The second-order valence-corrected chi connectivity index (χ2v) is 6.05.